The number of rotatable bonds is 8. The molecule has 1 aliphatic rings. The van der Waals surface area contributed by atoms with Gasteiger partial charge in [0, 0.05) is 13.1 Å². The topological polar surface area (TPSA) is 70.7 Å². The second kappa shape index (κ2) is 11.4. The van der Waals surface area contributed by atoms with Gasteiger partial charge in [-0.1, -0.05) is 61.0 Å². The second-order valence-corrected chi connectivity index (χ2v) is 7.80. The van der Waals surface area contributed by atoms with Crippen LogP contribution in [0.15, 0.2) is 54.6 Å². The van der Waals surface area contributed by atoms with Gasteiger partial charge >= 0.3 is 6.09 Å². The predicted molar refractivity (Wildman–Crippen MR) is 117 cm³/mol. The molecule has 0 radical (unpaired) electrons. The van der Waals surface area contributed by atoms with Gasteiger partial charge in [0.2, 0.25) is 5.91 Å². The van der Waals surface area contributed by atoms with Gasteiger partial charge in [0.15, 0.2) is 0 Å². The molecule has 0 aromatic heterocycles. The van der Waals surface area contributed by atoms with Crippen LogP contribution in [0, 0.1) is 0 Å². The van der Waals surface area contributed by atoms with Crippen molar-refractivity contribution in [1.29, 1.82) is 0 Å². The van der Waals surface area contributed by atoms with E-state index in [1.165, 1.54) is 37.9 Å². The van der Waals surface area contributed by atoms with E-state index in [1.807, 2.05) is 42.5 Å². The van der Waals surface area contributed by atoms with Crippen LogP contribution in [0.25, 0.3) is 0 Å². The smallest absolute Gasteiger partial charge is 0.408 e. The molecule has 1 atom stereocenters. The van der Waals surface area contributed by atoms with E-state index in [9.17, 15) is 9.59 Å². The van der Waals surface area contributed by atoms with Gasteiger partial charge in [0.1, 0.15) is 12.6 Å². The van der Waals surface area contributed by atoms with Gasteiger partial charge in [-0.25, -0.2) is 4.79 Å². The number of nitrogens with one attached hydrogen (secondary N) is 2. The van der Waals surface area contributed by atoms with Gasteiger partial charge in [-0.15, -0.1) is 0 Å². The molecule has 2 aromatic rings. The zero-order valence-electron chi connectivity index (χ0n) is 17.6. The first-order valence-electron chi connectivity index (χ1n) is 10.7. The first-order chi connectivity index (χ1) is 14.6. The SMILES string of the molecule is C[C@H](NC(=O)OCc1ccccc1)C(=O)NCc1ccc(CN2CCCCC2)cc1. The summed E-state index contributed by atoms with van der Waals surface area (Å²) in [4.78, 5) is 26.6. The number of likely N-dealkylation sites (tertiary alicyclic amines) is 1. The fourth-order valence-corrected chi connectivity index (χ4v) is 3.49. The van der Waals surface area contributed by atoms with Crippen molar-refractivity contribution in [3.63, 3.8) is 0 Å². The molecule has 2 aromatic carbocycles. The van der Waals surface area contributed by atoms with Crippen LogP contribution < -0.4 is 10.6 Å². The number of hydrogen-bond acceptors (Lipinski definition) is 4. The molecule has 0 saturated carbocycles. The Hall–Kier alpha value is -2.86. The van der Waals surface area contributed by atoms with Crippen LogP contribution in [-0.2, 0) is 29.2 Å². The zero-order valence-corrected chi connectivity index (χ0v) is 17.6. The van der Waals surface area contributed by atoms with E-state index in [0.717, 1.165) is 17.7 Å². The van der Waals surface area contributed by atoms with Gasteiger partial charge in [0.25, 0.3) is 0 Å². The fraction of sp³-hybridized carbons (Fsp3) is 0.417. The van der Waals surface area contributed by atoms with Gasteiger partial charge in [-0.05, 0) is 49.5 Å². The Kier molecular flexibility index (Phi) is 8.27. The minimum absolute atomic E-state index is 0.171. The summed E-state index contributed by atoms with van der Waals surface area (Å²) in [5, 5.41) is 5.42. The Labute approximate surface area is 178 Å². The Morgan fingerprint density at radius 2 is 1.60 bits per heavy atom. The van der Waals surface area contributed by atoms with E-state index in [0.29, 0.717) is 6.54 Å². The van der Waals surface area contributed by atoms with E-state index in [2.05, 4.69) is 27.7 Å². The first kappa shape index (κ1) is 21.8. The Bertz CT molecular complexity index is 802. The molecular weight excluding hydrogens is 378 g/mol. The summed E-state index contributed by atoms with van der Waals surface area (Å²) in [6.07, 6.45) is 3.31. The van der Waals surface area contributed by atoms with Gasteiger partial charge in [-0.3, -0.25) is 9.69 Å². The van der Waals surface area contributed by atoms with Crippen LogP contribution in [0.1, 0.15) is 42.9 Å². The van der Waals surface area contributed by atoms with E-state index in [4.69, 9.17) is 4.74 Å². The van der Waals surface area contributed by atoms with E-state index >= 15 is 0 Å². The summed E-state index contributed by atoms with van der Waals surface area (Å²) in [6.45, 7) is 5.57. The molecule has 1 heterocycles. The summed E-state index contributed by atoms with van der Waals surface area (Å²) in [5.41, 5.74) is 3.22. The van der Waals surface area contributed by atoms with Crippen molar-refractivity contribution < 1.29 is 14.3 Å². The maximum atomic E-state index is 12.3. The number of alkyl carbamates (subject to hydrolysis) is 1. The highest BCUT2D eigenvalue weighted by atomic mass is 16.5. The number of nitrogens with zero attached hydrogens (tertiary/aromatic N) is 1. The Balaban J connectivity index is 1.37. The van der Waals surface area contributed by atoms with E-state index < -0.39 is 12.1 Å². The van der Waals surface area contributed by atoms with Crippen LogP contribution in [0.2, 0.25) is 0 Å². The lowest BCUT2D eigenvalue weighted by atomic mass is 10.1. The van der Waals surface area contributed by atoms with Crippen molar-refractivity contribution in [2.45, 2.75) is 51.9 Å². The first-order valence-corrected chi connectivity index (χ1v) is 10.7. The largest absolute Gasteiger partial charge is 0.445 e. The standard InChI is InChI=1S/C24H31N3O3/c1-19(26-24(29)30-18-22-8-4-2-5-9-22)23(28)25-16-20-10-12-21(13-11-20)17-27-14-6-3-7-15-27/h2,4-5,8-13,19H,3,6-7,14-18H2,1H3,(H,25,28)(H,26,29)/t19-/m0/s1. The van der Waals surface area contributed by atoms with Crippen LogP contribution in [0.5, 0.6) is 0 Å². The fourth-order valence-electron chi connectivity index (χ4n) is 3.49. The molecule has 0 aliphatic carbocycles. The molecule has 30 heavy (non-hydrogen) atoms. The lowest BCUT2D eigenvalue weighted by Gasteiger charge is -2.26. The van der Waals surface area contributed by atoms with Crippen molar-refractivity contribution in [3.8, 4) is 0 Å². The quantitative estimate of drug-likeness (QED) is 0.699. The highest BCUT2D eigenvalue weighted by Crippen LogP contribution is 2.13. The number of ether oxygens (including phenoxy) is 1. The minimum Gasteiger partial charge on any atom is -0.445 e. The third-order valence-corrected chi connectivity index (χ3v) is 5.28. The maximum absolute atomic E-state index is 12.3. The second-order valence-electron chi connectivity index (χ2n) is 7.80. The number of piperidine rings is 1. The van der Waals surface area contributed by atoms with Crippen molar-refractivity contribution in [2.24, 2.45) is 0 Å². The van der Waals surface area contributed by atoms with E-state index in [1.54, 1.807) is 6.92 Å². The number of carbonyl (C=O) groups is 2. The predicted octanol–water partition coefficient (Wildman–Crippen LogP) is 3.60. The summed E-state index contributed by atoms with van der Waals surface area (Å²) < 4.78 is 5.15. The maximum Gasteiger partial charge on any atom is 0.408 e. The van der Waals surface area contributed by atoms with Crippen molar-refractivity contribution in [2.75, 3.05) is 13.1 Å². The molecule has 0 spiro atoms. The lowest BCUT2D eigenvalue weighted by Crippen LogP contribution is -2.44. The molecule has 1 saturated heterocycles. The molecule has 0 unspecified atom stereocenters. The molecule has 2 N–H and O–H groups in total. The molecule has 2 amide bonds. The average molecular weight is 410 g/mol. The highest BCUT2D eigenvalue weighted by Gasteiger charge is 2.16. The third kappa shape index (κ3) is 7.19. The molecule has 6 nitrogen and oxygen atoms in total. The van der Waals surface area contributed by atoms with Crippen LogP contribution in [0.4, 0.5) is 4.79 Å². The van der Waals surface area contributed by atoms with Gasteiger partial charge < -0.3 is 15.4 Å². The highest BCUT2D eigenvalue weighted by molar-refractivity contribution is 5.85. The van der Waals surface area contributed by atoms with E-state index in [-0.39, 0.29) is 12.5 Å². The number of hydrogen-bond donors (Lipinski definition) is 2. The summed E-state index contributed by atoms with van der Waals surface area (Å²) in [6, 6.07) is 17.1. The molecular formula is C24H31N3O3. The molecule has 3 rings (SSSR count). The monoisotopic (exact) mass is 409 g/mol. The van der Waals surface area contributed by atoms with Gasteiger partial charge in [0.05, 0.1) is 0 Å². The Morgan fingerprint density at radius 3 is 2.30 bits per heavy atom. The lowest BCUT2D eigenvalue weighted by molar-refractivity contribution is -0.122. The van der Waals surface area contributed by atoms with Crippen molar-refractivity contribution >= 4 is 12.0 Å². The number of carbonyl (C=O) groups excluding carboxylic acids is 2. The molecule has 6 heteroatoms. The van der Waals surface area contributed by atoms with Gasteiger partial charge in [-0.2, -0.15) is 0 Å². The summed E-state index contributed by atoms with van der Waals surface area (Å²) in [7, 11) is 0. The average Bonchev–Trinajstić information content (AvgIpc) is 2.78. The van der Waals surface area contributed by atoms with Crippen LogP contribution in [-0.4, -0.2) is 36.0 Å². The third-order valence-electron chi connectivity index (χ3n) is 5.28. The summed E-state index contributed by atoms with van der Waals surface area (Å²) in [5.74, 6) is -0.246. The number of amides is 2. The summed E-state index contributed by atoms with van der Waals surface area (Å²) >= 11 is 0. The van der Waals surface area contributed by atoms with Crippen molar-refractivity contribution in [1.82, 2.24) is 15.5 Å². The Morgan fingerprint density at radius 1 is 0.933 bits per heavy atom. The molecule has 0 bridgehead atoms. The molecule has 160 valence electrons. The minimum atomic E-state index is -0.674. The van der Waals surface area contributed by atoms with Crippen molar-refractivity contribution in [3.05, 3.63) is 71.3 Å². The number of benzene rings is 2. The van der Waals surface area contributed by atoms with Crippen LogP contribution >= 0.6 is 0 Å². The normalized spacial score (nSPS) is 15.2. The molecule has 1 aliphatic heterocycles. The molecule has 1 fully saturated rings. The van der Waals surface area contributed by atoms with Crippen LogP contribution in [0.3, 0.4) is 0 Å². The zero-order chi connectivity index (χ0) is 21.2.